The van der Waals surface area contributed by atoms with E-state index in [1.165, 1.54) is 19.3 Å². The maximum absolute atomic E-state index is 13.5. The van der Waals surface area contributed by atoms with Crippen LogP contribution in [0.25, 0.3) is 0 Å². The highest BCUT2D eigenvalue weighted by atomic mass is 19.1. The summed E-state index contributed by atoms with van der Waals surface area (Å²) in [5.41, 5.74) is 1.06. The normalized spacial score (nSPS) is 21.4. The Morgan fingerprint density at radius 2 is 1.74 bits per heavy atom. The van der Waals surface area contributed by atoms with Gasteiger partial charge in [-0.2, -0.15) is 0 Å². The number of rotatable bonds is 5. The smallest absolute Gasteiger partial charge is 0.173 e. The largest absolute Gasteiger partial charge is 0.301 e. The molecular weight excluding hydrogens is 343 g/mol. The molecule has 6 nitrogen and oxygen atoms in total. The third-order valence-electron chi connectivity index (χ3n) is 6.09. The van der Waals surface area contributed by atoms with E-state index in [0.29, 0.717) is 6.04 Å². The molecule has 146 valence electrons. The first-order valence-electron chi connectivity index (χ1n) is 10.3. The number of aromatic nitrogens is 4. The monoisotopic (exact) mass is 372 g/mol. The predicted molar refractivity (Wildman–Crippen MR) is 102 cm³/mol. The second-order valence-electron chi connectivity index (χ2n) is 7.70. The van der Waals surface area contributed by atoms with Crippen LogP contribution in [-0.4, -0.2) is 62.7 Å². The second kappa shape index (κ2) is 8.44. The van der Waals surface area contributed by atoms with Crippen molar-refractivity contribution in [3.8, 4) is 0 Å². The summed E-state index contributed by atoms with van der Waals surface area (Å²) in [7, 11) is 0. The summed E-state index contributed by atoms with van der Waals surface area (Å²) >= 11 is 0. The second-order valence-corrected chi connectivity index (χ2v) is 7.70. The molecule has 0 N–H and O–H groups in total. The molecular formula is C20H29FN6. The van der Waals surface area contributed by atoms with Gasteiger partial charge in [0.05, 0.1) is 12.1 Å². The lowest BCUT2D eigenvalue weighted by Gasteiger charge is -2.39. The zero-order valence-corrected chi connectivity index (χ0v) is 16.1. The van der Waals surface area contributed by atoms with Crippen molar-refractivity contribution in [3.05, 3.63) is 41.5 Å². The predicted octanol–water partition coefficient (Wildman–Crippen LogP) is 3.04. The average molecular weight is 372 g/mol. The van der Waals surface area contributed by atoms with E-state index in [2.05, 4.69) is 36.9 Å². The number of tetrazole rings is 1. The topological polar surface area (TPSA) is 50.1 Å². The fraction of sp³-hybridized carbons (Fsp3) is 0.650. The van der Waals surface area contributed by atoms with Gasteiger partial charge < -0.3 is 4.90 Å². The highest BCUT2D eigenvalue weighted by Crippen LogP contribution is 2.33. The van der Waals surface area contributed by atoms with E-state index >= 15 is 0 Å². The Hall–Kier alpha value is -1.86. The molecule has 2 aliphatic rings. The van der Waals surface area contributed by atoms with Gasteiger partial charge >= 0.3 is 0 Å². The minimum Gasteiger partial charge on any atom is -0.301 e. The van der Waals surface area contributed by atoms with Crippen molar-refractivity contribution in [1.29, 1.82) is 0 Å². The van der Waals surface area contributed by atoms with E-state index in [1.807, 2.05) is 12.1 Å². The van der Waals surface area contributed by atoms with Crippen LogP contribution in [0.15, 0.2) is 24.3 Å². The molecule has 1 aliphatic carbocycles. The molecule has 0 amide bonds. The fourth-order valence-corrected chi connectivity index (χ4v) is 4.47. The number of nitrogens with zero attached hydrogens (tertiary/aromatic N) is 6. The number of piperazine rings is 1. The van der Waals surface area contributed by atoms with Crippen LogP contribution >= 0.6 is 0 Å². The molecule has 1 aromatic carbocycles. The van der Waals surface area contributed by atoms with E-state index in [0.717, 1.165) is 57.0 Å². The molecule has 1 aromatic heterocycles. The number of hydrogen-bond donors (Lipinski definition) is 0. The average Bonchev–Trinajstić information content (AvgIpc) is 3.20. The summed E-state index contributed by atoms with van der Waals surface area (Å²) in [4.78, 5) is 4.91. The van der Waals surface area contributed by atoms with Gasteiger partial charge in [-0.05, 0) is 47.5 Å². The third-order valence-corrected chi connectivity index (χ3v) is 6.09. The SMILES string of the molecule is CCN1CCN([C@@H](c2ccc(F)cc2)c2nnnn2C2CCCCC2)CC1. The van der Waals surface area contributed by atoms with Crippen LogP contribution < -0.4 is 0 Å². The van der Waals surface area contributed by atoms with Crippen LogP contribution in [-0.2, 0) is 0 Å². The number of benzene rings is 1. The summed E-state index contributed by atoms with van der Waals surface area (Å²) in [6, 6.07) is 7.20. The highest BCUT2D eigenvalue weighted by molar-refractivity contribution is 5.25. The lowest BCUT2D eigenvalue weighted by atomic mass is 9.95. The number of hydrogen-bond acceptors (Lipinski definition) is 5. The van der Waals surface area contributed by atoms with Gasteiger partial charge in [-0.15, -0.1) is 5.10 Å². The van der Waals surface area contributed by atoms with Gasteiger partial charge in [0.25, 0.3) is 0 Å². The van der Waals surface area contributed by atoms with E-state index in [1.54, 1.807) is 12.1 Å². The Morgan fingerprint density at radius 1 is 1.04 bits per heavy atom. The van der Waals surface area contributed by atoms with Gasteiger partial charge in [-0.3, -0.25) is 4.90 Å². The fourth-order valence-electron chi connectivity index (χ4n) is 4.47. The van der Waals surface area contributed by atoms with Crippen molar-refractivity contribution in [3.63, 3.8) is 0 Å². The summed E-state index contributed by atoms with van der Waals surface area (Å²) in [6.07, 6.45) is 6.05. The van der Waals surface area contributed by atoms with Crippen LogP contribution in [0.4, 0.5) is 4.39 Å². The standard InChI is InChI=1S/C20H29FN6/c1-2-25-12-14-26(15-13-25)19(16-8-10-17(21)11-9-16)20-22-23-24-27(20)18-6-4-3-5-7-18/h8-11,18-19H,2-7,12-15H2,1H3/t19-/m0/s1. The number of halogens is 1. The van der Waals surface area contributed by atoms with E-state index in [-0.39, 0.29) is 11.9 Å². The zero-order valence-electron chi connectivity index (χ0n) is 16.1. The number of likely N-dealkylation sites (N-methyl/N-ethyl adjacent to an activating group) is 1. The molecule has 0 bridgehead atoms. The summed E-state index contributed by atoms with van der Waals surface area (Å²) in [5, 5.41) is 12.9. The molecule has 2 fully saturated rings. The maximum Gasteiger partial charge on any atom is 0.173 e. The van der Waals surface area contributed by atoms with Gasteiger partial charge in [0.1, 0.15) is 5.82 Å². The first kappa shape index (κ1) is 18.5. The van der Waals surface area contributed by atoms with Crippen molar-refractivity contribution < 1.29 is 4.39 Å². The van der Waals surface area contributed by atoms with Crippen molar-refractivity contribution in [2.45, 2.75) is 51.1 Å². The van der Waals surface area contributed by atoms with Crippen LogP contribution in [0.5, 0.6) is 0 Å². The van der Waals surface area contributed by atoms with Crippen molar-refractivity contribution in [1.82, 2.24) is 30.0 Å². The molecule has 7 heteroatoms. The third kappa shape index (κ3) is 4.04. The first-order chi connectivity index (χ1) is 13.3. The molecule has 0 spiro atoms. The van der Waals surface area contributed by atoms with Crippen LogP contribution in [0.3, 0.4) is 0 Å². The molecule has 1 saturated heterocycles. The van der Waals surface area contributed by atoms with E-state index < -0.39 is 0 Å². The Morgan fingerprint density at radius 3 is 2.41 bits per heavy atom. The zero-order chi connectivity index (χ0) is 18.6. The molecule has 1 saturated carbocycles. The Kier molecular flexibility index (Phi) is 5.78. The van der Waals surface area contributed by atoms with Crippen molar-refractivity contribution in [2.24, 2.45) is 0 Å². The molecule has 2 aromatic rings. The summed E-state index contributed by atoms with van der Waals surface area (Å²) in [6.45, 7) is 7.30. The van der Waals surface area contributed by atoms with Gasteiger partial charge in [0, 0.05) is 26.2 Å². The minimum absolute atomic E-state index is 0.0264. The minimum atomic E-state index is -0.208. The molecule has 1 atom stereocenters. The van der Waals surface area contributed by atoms with Gasteiger partial charge in [-0.25, -0.2) is 9.07 Å². The lowest BCUT2D eigenvalue weighted by Crippen LogP contribution is -2.48. The van der Waals surface area contributed by atoms with E-state index in [4.69, 9.17) is 0 Å². The molecule has 2 heterocycles. The Labute approximate surface area is 160 Å². The van der Waals surface area contributed by atoms with Crippen LogP contribution in [0.1, 0.15) is 62.5 Å². The van der Waals surface area contributed by atoms with Gasteiger partial charge in [0.15, 0.2) is 5.82 Å². The summed E-state index contributed by atoms with van der Waals surface area (Å²) in [5.74, 6) is 0.693. The van der Waals surface area contributed by atoms with Crippen LogP contribution in [0, 0.1) is 5.82 Å². The van der Waals surface area contributed by atoms with Gasteiger partial charge in [-0.1, -0.05) is 38.3 Å². The van der Waals surface area contributed by atoms with Gasteiger partial charge in [0.2, 0.25) is 0 Å². The Bertz CT molecular complexity index is 716. The molecule has 27 heavy (non-hydrogen) atoms. The first-order valence-corrected chi connectivity index (χ1v) is 10.3. The van der Waals surface area contributed by atoms with E-state index in [9.17, 15) is 4.39 Å². The maximum atomic E-state index is 13.5. The van der Waals surface area contributed by atoms with Crippen molar-refractivity contribution in [2.75, 3.05) is 32.7 Å². The molecule has 0 radical (unpaired) electrons. The van der Waals surface area contributed by atoms with Crippen molar-refractivity contribution >= 4 is 0 Å². The highest BCUT2D eigenvalue weighted by Gasteiger charge is 2.32. The molecule has 0 unspecified atom stereocenters. The molecule has 4 rings (SSSR count). The Balaban J connectivity index is 1.66. The van der Waals surface area contributed by atoms with Crippen LogP contribution in [0.2, 0.25) is 0 Å². The molecule has 1 aliphatic heterocycles. The lowest BCUT2D eigenvalue weighted by molar-refractivity contribution is 0.107. The summed E-state index contributed by atoms with van der Waals surface area (Å²) < 4.78 is 15.6. The quantitative estimate of drug-likeness (QED) is 0.807.